The zero-order valence-electron chi connectivity index (χ0n) is 16.9. The van der Waals surface area contributed by atoms with Crippen molar-refractivity contribution in [1.29, 1.82) is 0 Å². The van der Waals surface area contributed by atoms with E-state index in [1.807, 2.05) is 0 Å². The molecule has 9 heteroatoms. The molecule has 1 aromatic heterocycles. The summed E-state index contributed by atoms with van der Waals surface area (Å²) in [7, 11) is 3.03. The molecule has 4 rings (SSSR count). The highest BCUT2D eigenvalue weighted by Gasteiger charge is 2.34. The SMILES string of the molecule is COc1ccc(C(=O)Nc2nc(CCN3C(=O)c4ccccc4C3=O)cs2)cc1OC. The first-order chi connectivity index (χ1) is 15.0. The number of rotatable bonds is 7. The number of hydrogen-bond acceptors (Lipinski definition) is 7. The van der Waals surface area contributed by atoms with Gasteiger partial charge in [0.1, 0.15) is 0 Å². The lowest BCUT2D eigenvalue weighted by molar-refractivity contribution is 0.0655. The Morgan fingerprint density at radius 2 is 1.71 bits per heavy atom. The van der Waals surface area contributed by atoms with Crippen molar-refractivity contribution < 1.29 is 23.9 Å². The molecule has 0 atom stereocenters. The molecule has 0 radical (unpaired) electrons. The molecule has 158 valence electrons. The van der Waals surface area contributed by atoms with Crippen molar-refractivity contribution in [3.63, 3.8) is 0 Å². The molecule has 2 heterocycles. The van der Waals surface area contributed by atoms with Gasteiger partial charge in [0.05, 0.1) is 31.0 Å². The zero-order valence-corrected chi connectivity index (χ0v) is 17.7. The molecule has 0 spiro atoms. The number of nitrogens with zero attached hydrogens (tertiary/aromatic N) is 2. The number of benzene rings is 2. The van der Waals surface area contributed by atoms with E-state index in [4.69, 9.17) is 9.47 Å². The molecule has 0 unspecified atom stereocenters. The number of carbonyl (C=O) groups excluding carboxylic acids is 3. The van der Waals surface area contributed by atoms with Gasteiger partial charge in [0.25, 0.3) is 17.7 Å². The molecule has 0 fully saturated rings. The molecule has 1 aliphatic heterocycles. The highest BCUT2D eigenvalue weighted by molar-refractivity contribution is 7.14. The maximum absolute atomic E-state index is 12.5. The number of imide groups is 1. The summed E-state index contributed by atoms with van der Waals surface area (Å²) >= 11 is 1.27. The Morgan fingerprint density at radius 3 is 2.35 bits per heavy atom. The molecule has 1 N–H and O–H groups in total. The van der Waals surface area contributed by atoms with Crippen LogP contribution in [0.2, 0.25) is 0 Å². The number of ether oxygens (including phenoxy) is 2. The Balaban J connectivity index is 1.39. The highest BCUT2D eigenvalue weighted by Crippen LogP contribution is 2.28. The van der Waals surface area contributed by atoms with Gasteiger partial charge in [-0.05, 0) is 30.3 Å². The number of nitrogens with one attached hydrogen (secondary N) is 1. The smallest absolute Gasteiger partial charge is 0.261 e. The van der Waals surface area contributed by atoms with Gasteiger partial charge >= 0.3 is 0 Å². The summed E-state index contributed by atoms with van der Waals surface area (Å²) in [4.78, 5) is 43.0. The van der Waals surface area contributed by atoms with Gasteiger partial charge in [0.15, 0.2) is 16.6 Å². The third-order valence-electron chi connectivity index (χ3n) is 4.89. The predicted molar refractivity (Wildman–Crippen MR) is 115 cm³/mol. The van der Waals surface area contributed by atoms with E-state index in [9.17, 15) is 14.4 Å². The van der Waals surface area contributed by atoms with Gasteiger partial charge in [0.2, 0.25) is 0 Å². The number of hydrogen-bond donors (Lipinski definition) is 1. The third kappa shape index (κ3) is 3.99. The van der Waals surface area contributed by atoms with Crippen molar-refractivity contribution in [1.82, 2.24) is 9.88 Å². The van der Waals surface area contributed by atoms with Crippen molar-refractivity contribution >= 4 is 34.2 Å². The first-order valence-electron chi connectivity index (χ1n) is 9.45. The number of anilines is 1. The van der Waals surface area contributed by atoms with Crippen LogP contribution >= 0.6 is 11.3 Å². The molecule has 1 aliphatic rings. The fraction of sp³-hybridized carbons (Fsp3) is 0.182. The quantitative estimate of drug-likeness (QED) is 0.570. The fourth-order valence-corrected chi connectivity index (χ4v) is 4.03. The zero-order chi connectivity index (χ0) is 22.0. The van der Waals surface area contributed by atoms with Gasteiger partial charge in [-0.2, -0.15) is 0 Å². The molecule has 3 amide bonds. The van der Waals surface area contributed by atoms with Crippen LogP contribution < -0.4 is 14.8 Å². The van der Waals surface area contributed by atoms with Crippen LogP contribution in [-0.4, -0.2) is 48.4 Å². The van der Waals surface area contributed by atoms with Gasteiger partial charge < -0.3 is 9.47 Å². The Labute approximate surface area is 182 Å². The van der Waals surface area contributed by atoms with Crippen LogP contribution in [0.15, 0.2) is 47.8 Å². The first-order valence-corrected chi connectivity index (χ1v) is 10.3. The molecule has 0 saturated carbocycles. The average molecular weight is 437 g/mol. The van der Waals surface area contributed by atoms with Crippen molar-refractivity contribution in [2.75, 3.05) is 26.1 Å². The second-order valence-corrected chi connectivity index (χ2v) is 7.58. The van der Waals surface area contributed by atoms with Crippen LogP contribution in [-0.2, 0) is 6.42 Å². The predicted octanol–water partition coefficient (Wildman–Crippen LogP) is 3.25. The molecule has 8 nitrogen and oxygen atoms in total. The molecule has 0 aliphatic carbocycles. The minimum absolute atomic E-state index is 0.221. The van der Waals surface area contributed by atoms with Crippen LogP contribution in [0.3, 0.4) is 0 Å². The normalized spacial score (nSPS) is 12.6. The summed E-state index contributed by atoms with van der Waals surface area (Å²) in [6.07, 6.45) is 0.397. The number of thiazole rings is 1. The van der Waals surface area contributed by atoms with E-state index < -0.39 is 0 Å². The van der Waals surface area contributed by atoms with E-state index in [0.29, 0.717) is 45.4 Å². The molecule has 0 saturated heterocycles. The van der Waals surface area contributed by atoms with Crippen molar-refractivity contribution in [2.24, 2.45) is 0 Å². The standard InChI is InChI=1S/C22H19N3O5S/c1-29-17-8-7-13(11-18(17)30-2)19(26)24-22-23-14(12-31-22)9-10-25-20(27)15-5-3-4-6-16(15)21(25)28/h3-8,11-12H,9-10H2,1-2H3,(H,23,24,26). The number of fused-ring (bicyclic) bond motifs is 1. The summed E-state index contributed by atoms with van der Waals surface area (Å²) in [6, 6.07) is 11.7. The van der Waals surface area contributed by atoms with E-state index in [2.05, 4.69) is 10.3 Å². The van der Waals surface area contributed by atoms with Gasteiger partial charge in [0, 0.05) is 23.9 Å². The monoisotopic (exact) mass is 437 g/mol. The van der Waals surface area contributed by atoms with Crippen molar-refractivity contribution in [3.05, 3.63) is 70.2 Å². The summed E-state index contributed by atoms with van der Waals surface area (Å²) in [5.74, 6) is 0.0671. The Morgan fingerprint density at radius 1 is 1.03 bits per heavy atom. The summed E-state index contributed by atoms with van der Waals surface area (Å²) in [5, 5.41) is 4.97. The van der Waals surface area contributed by atoms with E-state index in [1.165, 1.54) is 30.5 Å². The maximum Gasteiger partial charge on any atom is 0.261 e. The lowest BCUT2D eigenvalue weighted by Gasteiger charge is -2.12. The van der Waals surface area contributed by atoms with Crippen LogP contribution in [0.4, 0.5) is 5.13 Å². The number of methoxy groups -OCH3 is 2. The van der Waals surface area contributed by atoms with Crippen LogP contribution in [0.1, 0.15) is 36.8 Å². The highest BCUT2D eigenvalue weighted by atomic mass is 32.1. The van der Waals surface area contributed by atoms with Crippen molar-refractivity contribution in [2.45, 2.75) is 6.42 Å². The first kappa shape index (κ1) is 20.5. The summed E-state index contributed by atoms with van der Waals surface area (Å²) in [5.41, 5.74) is 1.94. The largest absolute Gasteiger partial charge is 0.493 e. The summed E-state index contributed by atoms with van der Waals surface area (Å²) in [6.45, 7) is 0.221. The Bertz CT molecular complexity index is 1140. The molecule has 0 bridgehead atoms. The molecular formula is C22H19N3O5S. The third-order valence-corrected chi connectivity index (χ3v) is 5.69. The minimum Gasteiger partial charge on any atom is -0.493 e. The molecule has 3 aromatic rings. The minimum atomic E-state index is -0.331. The number of carbonyl (C=O) groups is 3. The maximum atomic E-state index is 12.5. The van der Waals surface area contributed by atoms with Crippen LogP contribution in [0.5, 0.6) is 11.5 Å². The Hall–Kier alpha value is -3.72. The second kappa shape index (κ2) is 8.57. The lowest BCUT2D eigenvalue weighted by atomic mass is 10.1. The second-order valence-electron chi connectivity index (χ2n) is 6.73. The van der Waals surface area contributed by atoms with E-state index in [1.54, 1.807) is 47.8 Å². The number of amides is 3. The molecular weight excluding hydrogens is 418 g/mol. The van der Waals surface area contributed by atoms with Gasteiger partial charge in [-0.15, -0.1) is 11.3 Å². The molecule has 2 aromatic carbocycles. The van der Waals surface area contributed by atoms with Crippen LogP contribution in [0, 0.1) is 0 Å². The van der Waals surface area contributed by atoms with Gasteiger partial charge in [-0.25, -0.2) is 4.98 Å². The number of aromatic nitrogens is 1. The van der Waals surface area contributed by atoms with Gasteiger partial charge in [-0.3, -0.25) is 24.6 Å². The fourth-order valence-electron chi connectivity index (χ4n) is 3.29. The summed E-state index contributed by atoms with van der Waals surface area (Å²) < 4.78 is 10.4. The van der Waals surface area contributed by atoms with E-state index in [0.717, 1.165) is 0 Å². The Kier molecular flexibility index (Phi) is 5.68. The average Bonchev–Trinajstić information content (AvgIpc) is 3.34. The molecule has 31 heavy (non-hydrogen) atoms. The van der Waals surface area contributed by atoms with Crippen LogP contribution in [0.25, 0.3) is 0 Å². The van der Waals surface area contributed by atoms with E-state index in [-0.39, 0.29) is 24.3 Å². The van der Waals surface area contributed by atoms with Gasteiger partial charge in [-0.1, -0.05) is 12.1 Å². The topological polar surface area (TPSA) is 97.8 Å². The van der Waals surface area contributed by atoms with E-state index >= 15 is 0 Å². The lowest BCUT2D eigenvalue weighted by Crippen LogP contribution is -2.31. The van der Waals surface area contributed by atoms with Crippen molar-refractivity contribution in [3.8, 4) is 11.5 Å².